The molecule has 0 radical (unpaired) electrons. The number of halogens is 2. The lowest BCUT2D eigenvalue weighted by Gasteiger charge is -2.13. The molecule has 0 atom stereocenters. The molecule has 0 unspecified atom stereocenters. The van der Waals surface area contributed by atoms with Crippen molar-refractivity contribution in [2.45, 2.75) is 13.5 Å². The number of hydrogen-bond acceptors (Lipinski definition) is 3. The Kier molecular flexibility index (Phi) is 5.53. The monoisotopic (exact) mass is 413 g/mol. The van der Waals surface area contributed by atoms with Crippen LogP contribution in [-0.2, 0) is 6.54 Å². The molecular weight excluding hydrogens is 398 g/mol. The van der Waals surface area contributed by atoms with Crippen molar-refractivity contribution < 1.29 is 9.47 Å². The van der Waals surface area contributed by atoms with Crippen molar-refractivity contribution in [3.8, 4) is 11.5 Å². The Bertz CT molecular complexity index is 624. The van der Waals surface area contributed by atoms with Gasteiger partial charge in [0.1, 0.15) is 0 Å². The lowest BCUT2D eigenvalue weighted by atomic mass is 10.2. The highest BCUT2D eigenvalue weighted by Gasteiger charge is 2.10. The number of benzene rings is 2. The van der Waals surface area contributed by atoms with Crippen LogP contribution in [0.25, 0.3) is 0 Å². The first kappa shape index (κ1) is 16.2. The molecule has 0 spiro atoms. The number of anilines is 1. The van der Waals surface area contributed by atoms with Gasteiger partial charge in [0.05, 0.1) is 18.7 Å². The number of hydrogen-bond donors (Lipinski definition) is 1. The molecule has 2 rings (SSSR count). The third-order valence-electron chi connectivity index (χ3n) is 3.03. The number of aryl methyl sites for hydroxylation is 1. The summed E-state index contributed by atoms with van der Waals surface area (Å²) in [6.45, 7) is 2.78. The van der Waals surface area contributed by atoms with Crippen LogP contribution >= 0.6 is 31.9 Å². The van der Waals surface area contributed by atoms with E-state index in [1.165, 1.54) is 5.56 Å². The average molecular weight is 415 g/mol. The normalized spacial score (nSPS) is 10.3. The fraction of sp³-hybridized carbons (Fsp3) is 0.250. The summed E-state index contributed by atoms with van der Waals surface area (Å²) in [5.41, 5.74) is 3.39. The van der Waals surface area contributed by atoms with Gasteiger partial charge in [0, 0.05) is 16.7 Å². The molecule has 0 fully saturated rings. The first-order valence-corrected chi connectivity index (χ1v) is 8.03. The summed E-state index contributed by atoms with van der Waals surface area (Å²) in [6.07, 6.45) is 0. The minimum Gasteiger partial charge on any atom is -0.493 e. The molecule has 0 aromatic heterocycles. The molecule has 2 aromatic carbocycles. The van der Waals surface area contributed by atoms with E-state index in [-0.39, 0.29) is 0 Å². The minimum atomic E-state index is 0.703. The fourth-order valence-corrected chi connectivity index (χ4v) is 3.37. The third kappa shape index (κ3) is 4.14. The van der Waals surface area contributed by atoms with E-state index in [4.69, 9.17) is 9.47 Å². The molecule has 5 heteroatoms. The molecule has 1 N–H and O–H groups in total. The van der Waals surface area contributed by atoms with Crippen LogP contribution in [0.4, 0.5) is 5.69 Å². The van der Waals surface area contributed by atoms with E-state index in [1.54, 1.807) is 14.2 Å². The topological polar surface area (TPSA) is 30.5 Å². The minimum absolute atomic E-state index is 0.703. The number of nitrogens with one attached hydrogen (secondary N) is 1. The molecule has 112 valence electrons. The van der Waals surface area contributed by atoms with Crippen LogP contribution in [0.1, 0.15) is 11.1 Å². The number of ether oxygens (including phenoxy) is 2. The Morgan fingerprint density at radius 3 is 2.38 bits per heavy atom. The lowest BCUT2D eigenvalue weighted by molar-refractivity contribution is 0.352. The van der Waals surface area contributed by atoms with Gasteiger partial charge in [0.2, 0.25) is 0 Å². The highest BCUT2D eigenvalue weighted by Crippen LogP contribution is 2.36. The largest absolute Gasteiger partial charge is 0.493 e. The van der Waals surface area contributed by atoms with Gasteiger partial charge in [-0.2, -0.15) is 0 Å². The van der Waals surface area contributed by atoms with Crippen LogP contribution in [0.5, 0.6) is 11.5 Å². The maximum absolute atomic E-state index is 5.36. The maximum Gasteiger partial charge on any atom is 0.174 e. The molecule has 0 amide bonds. The van der Waals surface area contributed by atoms with Gasteiger partial charge in [-0.15, -0.1) is 0 Å². The molecular formula is C16H17Br2NO2. The van der Waals surface area contributed by atoms with Gasteiger partial charge in [-0.3, -0.25) is 0 Å². The van der Waals surface area contributed by atoms with Crippen LogP contribution in [0, 0.1) is 6.92 Å². The predicted molar refractivity (Wildman–Crippen MR) is 93.5 cm³/mol. The van der Waals surface area contributed by atoms with Crippen LogP contribution in [0.3, 0.4) is 0 Å². The Morgan fingerprint density at radius 2 is 1.76 bits per heavy atom. The number of methoxy groups -OCH3 is 2. The van der Waals surface area contributed by atoms with Crippen molar-refractivity contribution in [2.75, 3.05) is 19.5 Å². The average Bonchev–Trinajstić information content (AvgIpc) is 2.43. The van der Waals surface area contributed by atoms with E-state index in [0.717, 1.165) is 20.2 Å². The Labute approximate surface area is 141 Å². The van der Waals surface area contributed by atoms with Crippen molar-refractivity contribution >= 4 is 37.5 Å². The van der Waals surface area contributed by atoms with E-state index in [9.17, 15) is 0 Å². The van der Waals surface area contributed by atoms with E-state index in [0.29, 0.717) is 18.0 Å². The van der Waals surface area contributed by atoms with Gasteiger partial charge in [-0.25, -0.2) is 0 Å². The zero-order valence-electron chi connectivity index (χ0n) is 12.2. The third-order valence-corrected chi connectivity index (χ3v) is 4.08. The zero-order chi connectivity index (χ0) is 15.4. The summed E-state index contributed by atoms with van der Waals surface area (Å²) < 4.78 is 12.6. The molecule has 2 aromatic rings. The summed E-state index contributed by atoms with van der Waals surface area (Å²) in [7, 11) is 3.27. The van der Waals surface area contributed by atoms with Gasteiger partial charge in [0.25, 0.3) is 0 Å². The lowest BCUT2D eigenvalue weighted by Crippen LogP contribution is -2.01. The molecule has 21 heavy (non-hydrogen) atoms. The summed E-state index contributed by atoms with van der Waals surface area (Å²) in [6, 6.07) is 10.3. The molecule has 0 aliphatic heterocycles. The first-order chi connectivity index (χ1) is 10.0. The Balaban J connectivity index is 2.18. The van der Waals surface area contributed by atoms with Gasteiger partial charge >= 0.3 is 0 Å². The van der Waals surface area contributed by atoms with E-state index in [1.807, 2.05) is 12.1 Å². The second kappa shape index (κ2) is 7.18. The summed E-state index contributed by atoms with van der Waals surface area (Å²) in [4.78, 5) is 0. The molecule has 0 aliphatic carbocycles. The molecule has 0 heterocycles. The molecule has 0 aliphatic rings. The second-order valence-electron chi connectivity index (χ2n) is 4.68. The fourth-order valence-electron chi connectivity index (χ4n) is 2.12. The summed E-state index contributed by atoms with van der Waals surface area (Å²) in [5.74, 6) is 1.42. The van der Waals surface area contributed by atoms with Crippen molar-refractivity contribution in [3.05, 3.63) is 50.4 Å². The quantitative estimate of drug-likeness (QED) is 0.733. The highest BCUT2D eigenvalue weighted by molar-refractivity contribution is 9.10. The molecule has 3 nitrogen and oxygen atoms in total. The number of rotatable bonds is 5. The van der Waals surface area contributed by atoms with Crippen LogP contribution in [-0.4, -0.2) is 14.2 Å². The van der Waals surface area contributed by atoms with Crippen molar-refractivity contribution in [1.82, 2.24) is 0 Å². The Morgan fingerprint density at radius 1 is 1.00 bits per heavy atom. The summed E-state index contributed by atoms with van der Waals surface area (Å²) in [5, 5.41) is 3.41. The van der Waals surface area contributed by atoms with Crippen LogP contribution < -0.4 is 14.8 Å². The molecule has 0 bridgehead atoms. The zero-order valence-corrected chi connectivity index (χ0v) is 15.3. The van der Waals surface area contributed by atoms with E-state index < -0.39 is 0 Å². The molecule has 0 saturated carbocycles. The van der Waals surface area contributed by atoms with Gasteiger partial charge in [-0.1, -0.05) is 15.9 Å². The van der Waals surface area contributed by atoms with Gasteiger partial charge < -0.3 is 14.8 Å². The summed E-state index contributed by atoms with van der Waals surface area (Å²) >= 11 is 7.02. The SMILES string of the molecule is COc1cc(CNc2cc(C)cc(Br)c2)cc(Br)c1OC. The highest BCUT2D eigenvalue weighted by atomic mass is 79.9. The van der Waals surface area contributed by atoms with Gasteiger partial charge in [-0.05, 0) is 64.3 Å². The molecule has 0 saturated heterocycles. The maximum atomic E-state index is 5.36. The first-order valence-electron chi connectivity index (χ1n) is 6.45. The predicted octanol–water partition coefficient (Wildman–Crippen LogP) is 5.15. The Hall–Kier alpha value is -1.20. The standard InChI is InChI=1S/C16H17Br2NO2/c1-10-4-12(17)8-13(5-10)19-9-11-6-14(18)16(21-3)15(7-11)20-2/h4-8,19H,9H2,1-3H3. The smallest absolute Gasteiger partial charge is 0.174 e. The second-order valence-corrected chi connectivity index (χ2v) is 6.45. The van der Waals surface area contributed by atoms with Crippen molar-refractivity contribution in [3.63, 3.8) is 0 Å². The van der Waals surface area contributed by atoms with Crippen molar-refractivity contribution in [1.29, 1.82) is 0 Å². The van der Waals surface area contributed by atoms with Crippen molar-refractivity contribution in [2.24, 2.45) is 0 Å². The van der Waals surface area contributed by atoms with Crippen LogP contribution in [0.2, 0.25) is 0 Å². The van der Waals surface area contributed by atoms with E-state index >= 15 is 0 Å². The van der Waals surface area contributed by atoms with Crippen LogP contribution in [0.15, 0.2) is 39.3 Å². The van der Waals surface area contributed by atoms with E-state index in [2.05, 4.69) is 62.3 Å². The van der Waals surface area contributed by atoms with Gasteiger partial charge in [0.15, 0.2) is 11.5 Å².